The third kappa shape index (κ3) is 3.59. The van der Waals surface area contributed by atoms with Crippen molar-refractivity contribution in [2.75, 3.05) is 0 Å². The molecule has 3 heteroatoms. The normalized spacial score (nSPS) is 19.3. The van der Waals surface area contributed by atoms with Crippen molar-refractivity contribution in [1.82, 2.24) is 5.32 Å². The number of benzene rings is 3. The summed E-state index contributed by atoms with van der Waals surface area (Å²) >= 11 is 6.12. The molecule has 0 aliphatic carbocycles. The van der Waals surface area contributed by atoms with Crippen molar-refractivity contribution in [2.45, 2.75) is 18.5 Å². The third-order valence-corrected chi connectivity index (χ3v) is 4.73. The Kier molecular flexibility index (Phi) is 4.53. The Labute approximate surface area is 153 Å². The smallest absolute Gasteiger partial charge is 0.102 e. The monoisotopic (exact) mass is 346 g/mol. The predicted molar refractivity (Wildman–Crippen MR) is 104 cm³/mol. The van der Waals surface area contributed by atoms with Gasteiger partial charge in [0.15, 0.2) is 0 Å². The van der Waals surface area contributed by atoms with Crippen molar-refractivity contribution >= 4 is 17.4 Å². The van der Waals surface area contributed by atoms with E-state index in [2.05, 4.69) is 59.9 Å². The average molecular weight is 347 g/mol. The second-order valence-corrected chi connectivity index (χ2v) is 6.71. The van der Waals surface area contributed by atoms with Gasteiger partial charge in [0.25, 0.3) is 0 Å². The van der Waals surface area contributed by atoms with E-state index >= 15 is 0 Å². The fourth-order valence-electron chi connectivity index (χ4n) is 3.32. The van der Waals surface area contributed by atoms with Gasteiger partial charge in [-0.2, -0.15) is 0 Å². The summed E-state index contributed by atoms with van der Waals surface area (Å²) in [5.74, 6) is 1.00. The van der Waals surface area contributed by atoms with E-state index in [1.54, 1.807) is 0 Å². The zero-order chi connectivity index (χ0) is 17.1. The van der Waals surface area contributed by atoms with Crippen LogP contribution in [0.5, 0.6) is 0 Å². The SMILES string of the molecule is Clc1cccc(CC2=NC(c3ccccc3)C(c3ccccc3)N2)c1. The Morgan fingerprint density at radius 2 is 1.48 bits per heavy atom. The standard InChI is InChI=1S/C22H19ClN2/c23-19-13-7-8-16(14-19)15-20-24-21(17-9-3-1-4-10-17)22(25-20)18-11-5-2-6-12-18/h1-14,21-22H,15H2,(H,24,25). The Hall–Kier alpha value is -2.58. The molecule has 4 rings (SSSR count). The molecule has 2 atom stereocenters. The molecule has 0 radical (unpaired) electrons. The Morgan fingerprint density at radius 3 is 2.16 bits per heavy atom. The van der Waals surface area contributed by atoms with Crippen LogP contribution in [0, 0.1) is 0 Å². The van der Waals surface area contributed by atoms with E-state index in [1.165, 1.54) is 16.7 Å². The van der Waals surface area contributed by atoms with Crippen LogP contribution in [0.4, 0.5) is 0 Å². The van der Waals surface area contributed by atoms with Gasteiger partial charge in [0.05, 0.1) is 6.04 Å². The first-order valence-corrected chi connectivity index (χ1v) is 8.85. The van der Waals surface area contributed by atoms with Crippen molar-refractivity contribution in [3.63, 3.8) is 0 Å². The Bertz CT molecular complexity index is 875. The summed E-state index contributed by atoms with van der Waals surface area (Å²) in [6.45, 7) is 0. The van der Waals surface area contributed by atoms with Crippen molar-refractivity contribution in [1.29, 1.82) is 0 Å². The minimum atomic E-state index is 0.0813. The number of hydrogen-bond donors (Lipinski definition) is 1. The number of amidine groups is 1. The van der Waals surface area contributed by atoms with E-state index < -0.39 is 0 Å². The third-order valence-electron chi connectivity index (χ3n) is 4.49. The first kappa shape index (κ1) is 15.9. The topological polar surface area (TPSA) is 24.4 Å². The number of rotatable bonds is 4. The quantitative estimate of drug-likeness (QED) is 0.675. The molecule has 25 heavy (non-hydrogen) atoms. The van der Waals surface area contributed by atoms with Gasteiger partial charge < -0.3 is 5.32 Å². The molecule has 2 unspecified atom stereocenters. The molecule has 2 nitrogen and oxygen atoms in total. The highest BCUT2D eigenvalue weighted by atomic mass is 35.5. The highest BCUT2D eigenvalue weighted by Gasteiger charge is 2.30. The van der Waals surface area contributed by atoms with E-state index in [0.717, 1.165) is 17.3 Å². The highest BCUT2D eigenvalue weighted by Crippen LogP contribution is 2.36. The van der Waals surface area contributed by atoms with Gasteiger partial charge in [0.2, 0.25) is 0 Å². The van der Waals surface area contributed by atoms with E-state index in [4.69, 9.17) is 16.6 Å². The minimum Gasteiger partial charge on any atom is -0.364 e. The van der Waals surface area contributed by atoms with E-state index in [0.29, 0.717) is 0 Å². The Morgan fingerprint density at radius 1 is 0.800 bits per heavy atom. The van der Waals surface area contributed by atoms with Crippen LogP contribution >= 0.6 is 11.6 Å². The molecule has 3 aromatic carbocycles. The van der Waals surface area contributed by atoms with E-state index in [1.807, 2.05) is 30.3 Å². The molecule has 124 valence electrons. The zero-order valence-corrected chi connectivity index (χ0v) is 14.5. The summed E-state index contributed by atoms with van der Waals surface area (Å²) in [5.41, 5.74) is 3.64. The fourth-order valence-corrected chi connectivity index (χ4v) is 3.53. The van der Waals surface area contributed by atoms with Gasteiger partial charge in [0, 0.05) is 11.4 Å². The molecule has 1 heterocycles. The number of halogens is 1. The summed E-state index contributed by atoms with van der Waals surface area (Å²) in [4.78, 5) is 5.00. The van der Waals surface area contributed by atoms with Gasteiger partial charge in [-0.3, -0.25) is 4.99 Å². The summed E-state index contributed by atoms with van der Waals surface area (Å²) in [7, 11) is 0. The van der Waals surface area contributed by atoms with Crippen LogP contribution in [0.25, 0.3) is 0 Å². The highest BCUT2D eigenvalue weighted by molar-refractivity contribution is 6.30. The van der Waals surface area contributed by atoms with Gasteiger partial charge in [0.1, 0.15) is 11.9 Å². The van der Waals surface area contributed by atoms with Crippen LogP contribution in [0.2, 0.25) is 5.02 Å². The summed E-state index contributed by atoms with van der Waals surface area (Å²) in [6, 6.07) is 29.2. The molecule has 1 N–H and O–H groups in total. The lowest BCUT2D eigenvalue weighted by Crippen LogP contribution is -2.25. The van der Waals surface area contributed by atoms with Gasteiger partial charge in [-0.05, 0) is 28.8 Å². The second kappa shape index (κ2) is 7.12. The number of aliphatic imine (C=N–C) groups is 1. The minimum absolute atomic E-state index is 0.0813. The molecule has 1 aliphatic heterocycles. The summed E-state index contributed by atoms with van der Waals surface area (Å²) < 4.78 is 0. The summed E-state index contributed by atoms with van der Waals surface area (Å²) in [5, 5.41) is 4.39. The van der Waals surface area contributed by atoms with Crippen molar-refractivity contribution in [3.05, 3.63) is 107 Å². The molecule has 0 saturated heterocycles. The molecule has 3 aromatic rings. The van der Waals surface area contributed by atoms with Gasteiger partial charge in [-0.15, -0.1) is 0 Å². The largest absolute Gasteiger partial charge is 0.364 e. The molecule has 0 saturated carbocycles. The van der Waals surface area contributed by atoms with Crippen LogP contribution in [0.1, 0.15) is 28.8 Å². The number of nitrogens with one attached hydrogen (secondary N) is 1. The molecule has 1 aliphatic rings. The van der Waals surface area contributed by atoms with E-state index in [9.17, 15) is 0 Å². The lowest BCUT2D eigenvalue weighted by molar-refractivity contribution is 0.572. The average Bonchev–Trinajstić information content (AvgIpc) is 3.07. The molecule has 0 spiro atoms. The van der Waals surface area contributed by atoms with Crippen molar-refractivity contribution < 1.29 is 0 Å². The van der Waals surface area contributed by atoms with Gasteiger partial charge >= 0.3 is 0 Å². The van der Waals surface area contributed by atoms with Gasteiger partial charge in [-0.25, -0.2) is 0 Å². The first-order chi connectivity index (χ1) is 12.3. The lowest BCUT2D eigenvalue weighted by Gasteiger charge is -2.19. The first-order valence-electron chi connectivity index (χ1n) is 8.47. The fraction of sp³-hybridized carbons (Fsp3) is 0.136. The lowest BCUT2D eigenvalue weighted by atomic mass is 9.95. The summed E-state index contributed by atoms with van der Waals surface area (Å²) in [6.07, 6.45) is 0.757. The van der Waals surface area contributed by atoms with Gasteiger partial charge in [-0.1, -0.05) is 84.4 Å². The molecule has 0 aromatic heterocycles. The zero-order valence-electron chi connectivity index (χ0n) is 13.8. The maximum absolute atomic E-state index is 6.12. The van der Waals surface area contributed by atoms with Crippen LogP contribution in [0.3, 0.4) is 0 Å². The maximum Gasteiger partial charge on any atom is 0.102 e. The van der Waals surface area contributed by atoms with Crippen LogP contribution < -0.4 is 5.32 Å². The molecule has 0 amide bonds. The van der Waals surface area contributed by atoms with Crippen molar-refractivity contribution in [2.24, 2.45) is 4.99 Å². The van der Waals surface area contributed by atoms with Crippen LogP contribution in [-0.2, 0) is 6.42 Å². The molecule has 0 fully saturated rings. The molecule has 0 bridgehead atoms. The van der Waals surface area contributed by atoms with Crippen LogP contribution in [-0.4, -0.2) is 5.84 Å². The number of nitrogens with zero attached hydrogens (tertiary/aromatic N) is 1. The van der Waals surface area contributed by atoms with E-state index in [-0.39, 0.29) is 12.1 Å². The molecular formula is C22H19ClN2. The van der Waals surface area contributed by atoms with Crippen molar-refractivity contribution in [3.8, 4) is 0 Å². The second-order valence-electron chi connectivity index (χ2n) is 6.27. The Balaban J connectivity index is 1.65. The number of hydrogen-bond acceptors (Lipinski definition) is 2. The maximum atomic E-state index is 6.12. The molecular weight excluding hydrogens is 328 g/mol. The predicted octanol–water partition coefficient (Wildman–Crippen LogP) is 5.37. The van der Waals surface area contributed by atoms with Crippen LogP contribution in [0.15, 0.2) is 89.9 Å².